The van der Waals surface area contributed by atoms with E-state index in [9.17, 15) is 8.78 Å². The SMILES string of the molecule is FC(F)Cc1ccccc1Nc1c(Cl)cccc1Cl. The maximum absolute atomic E-state index is 12.5. The van der Waals surface area contributed by atoms with Gasteiger partial charge < -0.3 is 5.32 Å². The lowest BCUT2D eigenvalue weighted by molar-refractivity contribution is 0.149. The Labute approximate surface area is 120 Å². The number of rotatable bonds is 4. The van der Waals surface area contributed by atoms with Gasteiger partial charge in [-0.2, -0.15) is 0 Å². The molecule has 0 aliphatic heterocycles. The molecule has 19 heavy (non-hydrogen) atoms. The van der Waals surface area contributed by atoms with Crippen molar-refractivity contribution in [1.82, 2.24) is 0 Å². The second kappa shape index (κ2) is 6.22. The highest BCUT2D eigenvalue weighted by Gasteiger charge is 2.11. The first-order valence-electron chi connectivity index (χ1n) is 5.65. The molecule has 1 N–H and O–H groups in total. The second-order valence-corrected chi connectivity index (χ2v) is 4.79. The van der Waals surface area contributed by atoms with Crippen molar-refractivity contribution in [3.05, 3.63) is 58.1 Å². The molecule has 0 spiro atoms. The van der Waals surface area contributed by atoms with Crippen molar-refractivity contribution in [3.63, 3.8) is 0 Å². The quantitative estimate of drug-likeness (QED) is 0.781. The summed E-state index contributed by atoms with van der Waals surface area (Å²) in [5.74, 6) is 0. The van der Waals surface area contributed by atoms with E-state index in [1.807, 2.05) is 0 Å². The van der Waals surface area contributed by atoms with E-state index in [1.54, 1.807) is 42.5 Å². The van der Waals surface area contributed by atoms with Gasteiger partial charge >= 0.3 is 0 Å². The summed E-state index contributed by atoms with van der Waals surface area (Å²) in [6.45, 7) is 0. The van der Waals surface area contributed by atoms with Crippen molar-refractivity contribution in [2.45, 2.75) is 12.8 Å². The van der Waals surface area contributed by atoms with Crippen LogP contribution in [0.3, 0.4) is 0 Å². The predicted octanol–water partition coefficient (Wildman–Crippen LogP) is 5.54. The summed E-state index contributed by atoms with van der Waals surface area (Å²) in [5, 5.41) is 3.90. The zero-order valence-electron chi connectivity index (χ0n) is 9.84. The van der Waals surface area contributed by atoms with Gasteiger partial charge in [0.05, 0.1) is 15.7 Å². The van der Waals surface area contributed by atoms with Gasteiger partial charge in [0.15, 0.2) is 0 Å². The first kappa shape index (κ1) is 14.1. The smallest absolute Gasteiger partial charge is 0.242 e. The van der Waals surface area contributed by atoms with Crippen LogP contribution in [-0.2, 0) is 6.42 Å². The van der Waals surface area contributed by atoms with Crippen LogP contribution in [0.5, 0.6) is 0 Å². The highest BCUT2D eigenvalue weighted by atomic mass is 35.5. The van der Waals surface area contributed by atoms with Gasteiger partial charge in [-0.25, -0.2) is 8.78 Å². The minimum Gasteiger partial charge on any atom is -0.353 e. The van der Waals surface area contributed by atoms with Crippen LogP contribution in [0, 0.1) is 0 Å². The minimum atomic E-state index is -2.40. The summed E-state index contributed by atoms with van der Waals surface area (Å²) in [6.07, 6.45) is -2.71. The van der Waals surface area contributed by atoms with Crippen LogP contribution in [-0.4, -0.2) is 6.43 Å². The van der Waals surface area contributed by atoms with E-state index in [1.165, 1.54) is 0 Å². The Balaban J connectivity index is 2.33. The first-order chi connectivity index (χ1) is 9.08. The van der Waals surface area contributed by atoms with E-state index in [4.69, 9.17) is 23.2 Å². The summed E-state index contributed by atoms with van der Waals surface area (Å²) in [5.41, 5.74) is 1.62. The van der Waals surface area contributed by atoms with Crippen LogP contribution in [0.1, 0.15) is 5.56 Å². The molecular weight excluding hydrogens is 291 g/mol. The molecule has 2 rings (SSSR count). The molecule has 0 aromatic heterocycles. The molecule has 1 nitrogen and oxygen atoms in total. The van der Waals surface area contributed by atoms with Crippen LogP contribution in [0.25, 0.3) is 0 Å². The third kappa shape index (κ3) is 3.58. The molecule has 0 fully saturated rings. The lowest BCUT2D eigenvalue weighted by Crippen LogP contribution is -2.02. The monoisotopic (exact) mass is 301 g/mol. The number of nitrogens with one attached hydrogen (secondary N) is 1. The fourth-order valence-electron chi connectivity index (χ4n) is 1.74. The fraction of sp³-hybridized carbons (Fsp3) is 0.143. The third-order valence-corrected chi connectivity index (χ3v) is 3.24. The Morgan fingerprint density at radius 1 is 0.947 bits per heavy atom. The molecule has 2 aromatic carbocycles. The molecule has 0 saturated carbocycles. The Hall–Kier alpha value is -1.32. The molecule has 0 saturated heterocycles. The summed E-state index contributed by atoms with van der Waals surface area (Å²) < 4.78 is 25.0. The van der Waals surface area contributed by atoms with Crippen molar-refractivity contribution in [2.75, 3.05) is 5.32 Å². The molecular formula is C14H11Cl2F2N. The zero-order chi connectivity index (χ0) is 13.8. The van der Waals surface area contributed by atoms with Crippen molar-refractivity contribution in [1.29, 1.82) is 0 Å². The molecule has 100 valence electrons. The number of anilines is 2. The molecule has 0 bridgehead atoms. The number of hydrogen-bond donors (Lipinski definition) is 1. The maximum Gasteiger partial charge on any atom is 0.242 e. The van der Waals surface area contributed by atoms with E-state index in [0.29, 0.717) is 27.0 Å². The number of alkyl halides is 2. The van der Waals surface area contributed by atoms with Crippen LogP contribution >= 0.6 is 23.2 Å². The molecule has 5 heteroatoms. The standard InChI is InChI=1S/C14H11Cl2F2N/c15-10-5-3-6-11(16)14(10)19-12-7-2-1-4-9(12)8-13(17)18/h1-7,13,19H,8H2. The molecule has 2 aromatic rings. The summed E-state index contributed by atoms with van der Waals surface area (Å²) in [6, 6.07) is 12.0. The van der Waals surface area contributed by atoms with Gasteiger partial charge in [-0.1, -0.05) is 47.5 Å². The van der Waals surface area contributed by atoms with Crippen LogP contribution in [0.15, 0.2) is 42.5 Å². The number of para-hydroxylation sites is 2. The van der Waals surface area contributed by atoms with E-state index in [2.05, 4.69) is 5.32 Å². The molecule has 0 aliphatic rings. The Morgan fingerprint density at radius 3 is 2.21 bits per heavy atom. The molecule has 0 amide bonds. The first-order valence-corrected chi connectivity index (χ1v) is 6.40. The molecule has 0 unspecified atom stereocenters. The third-order valence-electron chi connectivity index (χ3n) is 2.61. The normalized spacial score (nSPS) is 10.8. The van der Waals surface area contributed by atoms with Crippen molar-refractivity contribution >= 4 is 34.6 Å². The number of benzene rings is 2. The molecule has 0 heterocycles. The van der Waals surface area contributed by atoms with Gasteiger partial charge in [-0.3, -0.25) is 0 Å². The van der Waals surface area contributed by atoms with Gasteiger partial charge in [0.1, 0.15) is 0 Å². The highest BCUT2D eigenvalue weighted by Crippen LogP contribution is 2.33. The van der Waals surface area contributed by atoms with Crippen LogP contribution < -0.4 is 5.32 Å². The highest BCUT2D eigenvalue weighted by molar-refractivity contribution is 6.39. The topological polar surface area (TPSA) is 12.0 Å². The summed E-state index contributed by atoms with van der Waals surface area (Å²) in [4.78, 5) is 0. The predicted molar refractivity (Wildman–Crippen MR) is 75.9 cm³/mol. The van der Waals surface area contributed by atoms with Gasteiger partial charge in [-0.05, 0) is 23.8 Å². The minimum absolute atomic E-state index is 0.314. The number of halogens is 4. The number of hydrogen-bond acceptors (Lipinski definition) is 1. The Morgan fingerprint density at radius 2 is 1.58 bits per heavy atom. The largest absolute Gasteiger partial charge is 0.353 e. The van der Waals surface area contributed by atoms with Crippen molar-refractivity contribution < 1.29 is 8.78 Å². The average Bonchev–Trinajstić information content (AvgIpc) is 2.35. The van der Waals surface area contributed by atoms with E-state index >= 15 is 0 Å². The molecule has 0 atom stereocenters. The van der Waals surface area contributed by atoms with E-state index < -0.39 is 6.43 Å². The van der Waals surface area contributed by atoms with E-state index in [-0.39, 0.29) is 6.42 Å². The summed E-state index contributed by atoms with van der Waals surface area (Å²) in [7, 11) is 0. The Kier molecular flexibility index (Phi) is 4.61. The van der Waals surface area contributed by atoms with Gasteiger partial charge in [0.25, 0.3) is 0 Å². The average molecular weight is 302 g/mol. The summed E-state index contributed by atoms with van der Waals surface area (Å²) >= 11 is 12.1. The Bertz CT molecular complexity index is 553. The van der Waals surface area contributed by atoms with Crippen LogP contribution in [0.4, 0.5) is 20.2 Å². The van der Waals surface area contributed by atoms with Gasteiger partial charge in [-0.15, -0.1) is 0 Å². The van der Waals surface area contributed by atoms with Gasteiger partial charge in [0, 0.05) is 12.1 Å². The van der Waals surface area contributed by atoms with Crippen LogP contribution in [0.2, 0.25) is 10.0 Å². The zero-order valence-corrected chi connectivity index (χ0v) is 11.3. The molecule has 0 aliphatic carbocycles. The maximum atomic E-state index is 12.5. The fourth-order valence-corrected chi connectivity index (χ4v) is 2.23. The van der Waals surface area contributed by atoms with Gasteiger partial charge in [0.2, 0.25) is 6.43 Å². The lowest BCUT2D eigenvalue weighted by atomic mass is 10.1. The molecule has 0 radical (unpaired) electrons. The lowest BCUT2D eigenvalue weighted by Gasteiger charge is -2.14. The second-order valence-electron chi connectivity index (χ2n) is 3.97. The van der Waals surface area contributed by atoms with Crippen molar-refractivity contribution in [2.24, 2.45) is 0 Å². The van der Waals surface area contributed by atoms with E-state index in [0.717, 1.165) is 0 Å². The van der Waals surface area contributed by atoms with Crippen molar-refractivity contribution in [3.8, 4) is 0 Å².